The van der Waals surface area contributed by atoms with E-state index in [4.69, 9.17) is 11.6 Å². The van der Waals surface area contributed by atoms with Crippen LogP contribution in [0, 0.1) is 0 Å². The molecule has 0 bridgehead atoms. The van der Waals surface area contributed by atoms with Gasteiger partial charge in [0.2, 0.25) is 5.88 Å². The molecule has 0 aliphatic heterocycles. The Morgan fingerprint density at radius 3 is 2.61 bits per heavy atom. The number of aromatic nitrogens is 3. The van der Waals surface area contributed by atoms with Crippen LogP contribution in [0.3, 0.4) is 0 Å². The first-order valence-corrected chi connectivity index (χ1v) is 7.77. The molecule has 0 saturated carbocycles. The molecule has 2 heterocycles. The average molecular weight is 347 g/mol. The van der Waals surface area contributed by atoms with E-state index in [2.05, 4.69) is 14.8 Å². The molecule has 0 saturated heterocycles. The number of nitrogens with zero attached hydrogens (tertiary/aromatic N) is 3. The van der Waals surface area contributed by atoms with Gasteiger partial charge in [-0.15, -0.1) is 5.10 Å². The zero-order valence-electron chi connectivity index (χ0n) is 11.7. The molecule has 1 amide bonds. The van der Waals surface area contributed by atoms with Crippen molar-refractivity contribution in [2.75, 3.05) is 0 Å². The van der Waals surface area contributed by atoms with Crippen molar-refractivity contribution in [3.05, 3.63) is 65.4 Å². The van der Waals surface area contributed by atoms with Crippen LogP contribution in [0.2, 0.25) is 5.15 Å². The quantitative estimate of drug-likeness (QED) is 0.560. The number of benzene rings is 1. The van der Waals surface area contributed by atoms with Gasteiger partial charge in [-0.25, -0.2) is 9.67 Å². The standard InChI is InChI=1S/C15H11ClN4O2S/c16-14-11(15(22)19-23-10-4-2-1-3-5-10)6-7-12(17-14)20-9-8-13(21)18-20/h1-9H,(H,18,21)(H,19,22). The van der Waals surface area contributed by atoms with E-state index in [1.54, 1.807) is 18.3 Å². The number of hydrogen-bond donors (Lipinski definition) is 2. The second-order valence-corrected chi connectivity index (χ2v) is 5.71. The lowest BCUT2D eigenvalue weighted by atomic mass is 10.3. The lowest BCUT2D eigenvalue weighted by Crippen LogP contribution is -2.17. The molecule has 23 heavy (non-hydrogen) atoms. The van der Waals surface area contributed by atoms with Crippen molar-refractivity contribution in [3.8, 4) is 11.7 Å². The minimum absolute atomic E-state index is 0.0589. The molecular weight excluding hydrogens is 336 g/mol. The summed E-state index contributed by atoms with van der Waals surface area (Å²) in [6.07, 6.45) is 1.54. The molecule has 0 fully saturated rings. The molecule has 0 spiro atoms. The second-order valence-electron chi connectivity index (χ2n) is 4.47. The zero-order valence-corrected chi connectivity index (χ0v) is 13.3. The Bertz CT molecular complexity index is 839. The fraction of sp³-hybridized carbons (Fsp3) is 0. The fourth-order valence-electron chi connectivity index (χ4n) is 1.81. The van der Waals surface area contributed by atoms with Crippen molar-refractivity contribution in [1.29, 1.82) is 0 Å². The van der Waals surface area contributed by atoms with Crippen LogP contribution in [0.1, 0.15) is 10.4 Å². The maximum Gasteiger partial charge on any atom is 0.264 e. The summed E-state index contributed by atoms with van der Waals surface area (Å²) >= 11 is 7.28. The molecule has 3 aromatic rings. The summed E-state index contributed by atoms with van der Waals surface area (Å²) in [6, 6.07) is 14.0. The Morgan fingerprint density at radius 1 is 1.17 bits per heavy atom. The lowest BCUT2D eigenvalue weighted by molar-refractivity contribution is 0.0984. The maximum atomic E-state index is 12.2. The van der Waals surface area contributed by atoms with E-state index >= 15 is 0 Å². The highest BCUT2D eigenvalue weighted by Gasteiger charge is 2.13. The summed E-state index contributed by atoms with van der Waals surface area (Å²) in [5.41, 5.74) is 0.259. The number of rotatable bonds is 4. The van der Waals surface area contributed by atoms with Gasteiger partial charge in [-0.2, -0.15) is 0 Å². The molecule has 0 radical (unpaired) electrons. The summed E-state index contributed by atoms with van der Waals surface area (Å²) in [7, 11) is 0. The van der Waals surface area contributed by atoms with Gasteiger partial charge >= 0.3 is 0 Å². The van der Waals surface area contributed by atoms with E-state index in [0.29, 0.717) is 5.82 Å². The van der Waals surface area contributed by atoms with Crippen LogP contribution in [0.15, 0.2) is 59.6 Å². The smallest absolute Gasteiger partial charge is 0.264 e. The Hall–Kier alpha value is -2.51. The largest absolute Gasteiger partial charge is 0.492 e. The van der Waals surface area contributed by atoms with E-state index in [9.17, 15) is 9.90 Å². The molecule has 2 aromatic heterocycles. The minimum Gasteiger partial charge on any atom is -0.492 e. The Morgan fingerprint density at radius 2 is 1.96 bits per heavy atom. The minimum atomic E-state index is -0.341. The first-order valence-electron chi connectivity index (χ1n) is 6.57. The Kier molecular flexibility index (Phi) is 4.50. The molecule has 1 aromatic carbocycles. The van der Waals surface area contributed by atoms with Gasteiger partial charge in [0.1, 0.15) is 5.15 Å². The predicted molar refractivity (Wildman–Crippen MR) is 87.8 cm³/mol. The number of carbonyl (C=O) groups excluding carboxylic acids is 1. The van der Waals surface area contributed by atoms with Crippen molar-refractivity contribution in [3.63, 3.8) is 0 Å². The van der Waals surface area contributed by atoms with Gasteiger partial charge in [0, 0.05) is 17.2 Å². The highest BCUT2D eigenvalue weighted by atomic mass is 35.5. The van der Waals surface area contributed by atoms with Gasteiger partial charge in [-0.3, -0.25) is 9.52 Å². The van der Waals surface area contributed by atoms with E-state index in [1.165, 1.54) is 22.7 Å². The number of halogens is 1. The first-order chi connectivity index (χ1) is 11.1. The molecule has 0 unspecified atom stereocenters. The number of hydrogen-bond acceptors (Lipinski definition) is 5. The van der Waals surface area contributed by atoms with Gasteiger partial charge in [0.25, 0.3) is 5.91 Å². The van der Waals surface area contributed by atoms with Crippen LogP contribution in [0.5, 0.6) is 5.88 Å². The lowest BCUT2D eigenvalue weighted by Gasteiger charge is -2.07. The van der Waals surface area contributed by atoms with Gasteiger partial charge in [-0.05, 0) is 36.2 Å². The summed E-state index contributed by atoms with van der Waals surface area (Å²) in [5.74, 6) is -0.0576. The molecule has 0 aliphatic carbocycles. The van der Waals surface area contributed by atoms with Gasteiger partial charge in [0.15, 0.2) is 5.82 Å². The monoisotopic (exact) mass is 346 g/mol. The fourth-order valence-corrected chi connectivity index (χ4v) is 2.66. The van der Waals surface area contributed by atoms with Crippen molar-refractivity contribution in [2.45, 2.75) is 4.90 Å². The van der Waals surface area contributed by atoms with Crippen LogP contribution in [-0.4, -0.2) is 25.8 Å². The second kappa shape index (κ2) is 6.72. The number of carbonyl (C=O) groups is 1. The summed E-state index contributed by atoms with van der Waals surface area (Å²) < 4.78 is 4.07. The number of nitrogens with one attached hydrogen (secondary N) is 1. The van der Waals surface area contributed by atoms with Crippen LogP contribution in [0.4, 0.5) is 0 Å². The number of amides is 1. The maximum absolute atomic E-state index is 12.2. The van der Waals surface area contributed by atoms with Crippen LogP contribution >= 0.6 is 23.5 Å². The van der Waals surface area contributed by atoms with Crippen molar-refractivity contribution < 1.29 is 9.90 Å². The topological polar surface area (TPSA) is 80.0 Å². The van der Waals surface area contributed by atoms with Crippen LogP contribution < -0.4 is 4.72 Å². The molecule has 6 nitrogen and oxygen atoms in total. The molecule has 2 N–H and O–H groups in total. The molecule has 0 atom stereocenters. The highest BCUT2D eigenvalue weighted by Crippen LogP contribution is 2.19. The third kappa shape index (κ3) is 3.64. The van der Waals surface area contributed by atoms with Crippen molar-refractivity contribution >= 4 is 29.5 Å². The predicted octanol–water partition coefficient (Wildman–Crippen LogP) is 3.06. The normalized spacial score (nSPS) is 10.5. The summed E-state index contributed by atoms with van der Waals surface area (Å²) in [6.45, 7) is 0. The third-order valence-corrected chi connectivity index (χ3v) is 3.98. The SMILES string of the molecule is O=C(NSc1ccccc1)c1ccc(-n2ccc(O)n2)nc1Cl. The molecule has 0 aliphatic rings. The molecule has 116 valence electrons. The van der Waals surface area contributed by atoms with Gasteiger partial charge in [-0.1, -0.05) is 29.8 Å². The molecule has 3 rings (SSSR count). The first kappa shape index (κ1) is 15.4. The Labute approximate surface area is 141 Å². The Balaban J connectivity index is 1.74. The number of aromatic hydroxyl groups is 1. The van der Waals surface area contributed by atoms with Gasteiger partial charge in [0.05, 0.1) is 5.56 Å². The molecule has 8 heteroatoms. The van der Waals surface area contributed by atoms with Crippen molar-refractivity contribution in [2.24, 2.45) is 0 Å². The van der Waals surface area contributed by atoms with Gasteiger partial charge < -0.3 is 5.11 Å². The van der Waals surface area contributed by atoms with Crippen LogP contribution in [-0.2, 0) is 0 Å². The third-order valence-electron chi connectivity index (χ3n) is 2.89. The number of pyridine rings is 1. The zero-order chi connectivity index (χ0) is 16.2. The summed E-state index contributed by atoms with van der Waals surface area (Å²) in [5, 5.41) is 13.1. The van der Waals surface area contributed by atoms with E-state index in [0.717, 1.165) is 4.90 Å². The van der Waals surface area contributed by atoms with E-state index in [1.807, 2.05) is 30.3 Å². The highest BCUT2D eigenvalue weighted by molar-refractivity contribution is 7.98. The van der Waals surface area contributed by atoms with E-state index < -0.39 is 0 Å². The van der Waals surface area contributed by atoms with Crippen molar-refractivity contribution in [1.82, 2.24) is 19.5 Å². The molecular formula is C15H11ClN4O2S. The summed E-state index contributed by atoms with van der Waals surface area (Å²) in [4.78, 5) is 17.2. The average Bonchev–Trinajstić information content (AvgIpc) is 3.00. The van der Waals surface area contributed by atoms with E-state index in [-0.39, 0.29) is 22.5 Å². The van der Waals surface area contributed by atoms with Crippen LogP contribution in [0.25, 0.3) is 5.82 Å².